The molecule has 0 amide bonds. The van der Waals surface area contributed by atoms with Gasteiger partial charge in [-0.15, -0.1) is 0 Å². The van der Waals surface area contributed by atoms with Crippen LogP contribution in [0.15, 0.2) is 0 Å². The molecule has 0 saturated heterocycles. The first-order valence-electron chi connectivity index (χ1n) is 12.5. The van der Waals surface area contributed by atoms with Crippen molar-refractivity contribution in [1.82, 2.24) is 0 Å². The van der Waals surface area contributed by atoms with Crippen molar-refractivity contribution in [3.8, 4) is 0 Å². The van der Waals surface area contributed by atoms with Crippen molar-refractivity contribution in [2.75, 3.05) is 0 Å². The highest BCUT2D eigenvalue weighted by molar-refractivity contribution is 5.69. The van der Waals surface area contributed by atoms with Gasteiger partial charge in [-0.1, -0.05) is 90.9 Å². The van der Waals surface area contributed by atoms with Crippen molar-refractivity contribution in [3.63, 3.8) is 0 Å². The first-order chi connectivity index (χ1) is 14.1. The molecule has 0 spiro atoms. The lowest BCUT2D eigenvalue weighted by molar-refractivity contribution is -0.150. The van der Waals surface area contributed by atoms with Crippen molar-refractivity contribution in [3.05, 3.63) is 0 Å². The van der Waals surface area contributed by atoms with Crippen LogP contribution in [0.3, 0.4) is 0 Å². The molecule has 29 heavy (non-hydrogen) atoms. The lowest BCUT2D eigenvalue weighted by atomic mass is 10.0. The van der Waals surface area contributed by atoms with Gasteiger partial charge in [-0.05, 0) is 38.5 Å². The molecule has 4 nitrogen and oxygen atoms in total. The molecular formula is C25H48O4. The fourth-order valence-corrected chi connectivity index (χ4v) is 3.71. The van der Waals surface area contributed by atoms with E-state index >= 15 is 0 Å². The fourth-order valence-electron chi connectivity index (χ4n) is 3.71. The Morgan fingerprint density at radius 3 is 1.52 bits per heavy atom. The molecule has 0 radical (unpaired) electrons. The molecule has 0 aliphatic heterocycles. The third-order valence-electron chi connectivity index (χ3n) is 5.58. The van der Waals surface area contributed by atoms with Crippen molar-refractivity contribution in [2.45, 2.75) is 148 Å². The predicted molar refractivity (Wildman–Crippen MR) is 121 cm³/mol. The summed E-state index contributed by atoms with van der Waals surface area (Å²) in [5.41, 5.74) is 0. The molecule has 0 aliphatic carbocycles. The lowest BCUT2D eigenvalue weighted by Crippen LogP contribution is -2.18. The van der Waals surface area contributed by atoms with Crippen molar-refractivity contribution in [1.29, 1.82) is 0 Å². The number of carbonyl (C=O) groups is 2. The minimum absolute atomic E-state index is 0.0416. The van der Waals surface area contributed by atoms with E-state index in [0.717, 1.165) is 51.4 Å². The van der Waals surface area contributed by atoms with E-state index in [4.69, 9.17) is 9.84 Å². The summed E-state index contributed by atoms with van der Waals surface area (Å²) < 4.78 is 5.83. The van der Waals surface area contributed by atoms with Gasteiger partial charge in [0.25, 0.3) is 0 Å². The Balaban J connectivity index is 3.97. The number of hydrogen-bond acceptors (Lipinski definition) is 3. The Morgan fingerprint density at radius 1 is 0.621 bits per heavy atom. The second kappa shape index (κ2) is 21.6. The molecule has 1 N–H and O–H groups in total. The number of carbonyl (C=O) groups excluding carboxylic acids is 1. The minimum atomic E-state index is -0.723. The van der Waals surface area contributed by atoms with Crippen LogP contribution in [-0.2, 0) is 14.3 Å². The molecule has 0 aromatic heterocycles. The molecule has 4 heteroatoms. The van der Waals surface area contributed by atoms with Crippen LogP contribution in [0.4, 0.5) is 0 Å². The van der Waals surface area contributed by atoms with Crippen LogP contribution in [0, 0.1) is 0 Å². The van der Waals surface area contributed by atoms with Gasteiger partial charge in [-0.2, -0.15) is 0 Å². The predicted octanol–water partition coefficient (Wildman–Crippen LogP) is 7.82. The van der Waals surface area contributed by atoms with E-state index in [1.807, 2.05) is 0 Å². The topological polar surface area (TPSA) is 63.6 Å². The maximum absolute atomic E-state index is 12.2. The largest absolute Gasteiger partial charge is 0.481 e. The molecule has 0 bridgehead atoms. The zero-order chi connectivity index (χ0) is 21.6. The number of ether oxygens (including phenoxy) is 1. The van der Waals surface area contributed by atoms with Crippen LogP contribution in [0.2, 0.25) is 0 Å². The Labute approximate surface area is 180 Å². The summed E-state index contributed by atoms with van der Waals surface area (Å²) in [5.74, 6) is -0.764. The van der Waals surface area contributed by atoms with Crippen LogP contribution >= 0.6 is 0 Å². The number of hydrogen-bond donors (Lipinski definition) is 1. The molecule has 0 saturated carbocycles. The Morgan fingerprint density at radius 2 is 1.03 bits per heavy atom. The summed E-state index contributed by atoms with van der Waals surface area (Å²) in [6.45, 7) is 4.47. The molecule has 0 fully saturated rings. The first kappa shape index (κ1) is 27.9. The number of esters is 1. The molecule has 0 aromatic carbocycles. The minimum Gasteiger partial charge on any atom is -0.481 e. The Hall–Kier alpha value is -1.06. The summed E-state index contributed by atoms with van der Waals surface area (Å²) >= 11 is 0. The van der Waals surface area contributed by atoms with E-state index in [2.05, 4.69) is 13.8 Å². The summed E-state index contributed by atoms with van der Waals surface area (Å²) in [6, 6.07) is 0. The Kier molecular flexibility index (Phi) is 20.9. The first-order valence-corrected chi connectivity index (χ1v) is 12.5. The Bertz CT molecular complexity index is 381. The third-order valence-corrected chi connectivity index (χ3v) is 5.58. The maximum Gasteiger partial charge on any atom is 0.306 e. The molecule has 0 aliphatic rings. The highest BCUT2D eigenvalue weighted by atomic mass is 16.5. The molecule has 0 rings (SSSR count). The van der Waals surface area contributed by atoms with E-state index in [-0.39, 0.29) is 18.5 Å². The maximum atomic E-state index is 12.2. The number of unbranched alkanes of at least 4 members (excludes halogenated alkanes) is 13. The summed E-state index contributed by atoms with van der Waals surface area (Å²) in [7, 11) is 0. The average Bonchev–Trinajstić information content (AvgIpc) is 2.69. The van der Waals surface area contributed by atoms with Crippen molar-refractivity contribution in [2.24, 2.45) is 0 Å². The van der Waals surface area contributed by atoms with Gasteiger partial charge in [0, 0.05) is 12.8 Å². The fraction of sp³-hybridized carbons (Fsp3) is 0.920. The molecule has 172 valence electrons. The quantitative estimate of drug-likeness (QED) is 0.145. The van der Waals surface area contributed by atoms with Crippen LogP contribution in [0.25, 0.3) is 0 Å². The van der Waals surface area contributed by atoms with E-state index in [1.54, 1.807) is 0 Å². The second-order valence-electron chi connectivity index (χ2n) is 8.53. The van der Waals surface area contributed by atoms with E-state index in [0.29, 0.717) is 6.42 Å². The van der Waals surface area contributed by atoms with Gasteiger partial charge in [0.1, 0.15) is 6.10 Å². The van der Waals surface area contributed by atoms with E-state index < -0.39 is 5.97 Å². The smallest absolute Gasteiger partial charge is 0.306 e. The lowest BCUT2D eigenvalue weighted by Gasteiger charge is -2.18. The summed E-state index contributed by atoms with van der Waals surface area (Å²) in [6.07, 6.45) is 21.3. The summed E-state index contributed by atoms with van der Waals surface area (Å²) in [5, 5.41) is 8.63. The SMILES string of the molecule is CCCCCCCCC(CCCCCCC)OC(=O)CCCCCCCC(=O)O. The highest BCUT2D eigenvalue weighted by Crippen LogP contribution is 2.18. The zero-order valence-electron chi connectivity index (χ0n) is 19.4. The standard InChI is InChI=1S/C25H48O4/c1-3-5-7-9-12-16-20-23(19-15-11-8-6-4-2)29-25(28)22-18-14-10-13-17-21-24(26)27/h23H,3-22H2,1-2H3,(H,26,27). The van der Waals surface area contributed by atoms with Crippen molar-refractivity contribution >= 4 is 11.9 Å². The van der Waals surface area contributed by atoms with Gasteiger partial charge in [0.2, 0.25) is 0 Å². The molecule has 1 atom stereocenters. The monoisotopic (exact) mass is 412 g/mol. The molecule has 0 aromatic rings. The summed E-state index contributed by atoms with van der Waals surface area (Å²) in [4.78, 5) is 22.7. The zero-order valence-corrected chi connectivity index (χ0v) is 19.4. The van der Waals surface area contributed by atoms with Gasteiger partial charge in [0.05, 0.1) is 0 Å². The number of rotatable bonds is 22. The average molecular weight is 413 g/mol. The van der Waals surface area contributed by atoms with Crippen LogP contribution in [0.5, 0.6) is 0 Å². The van der Waals surface area contributed by atoms with Crippen LogP contribution < -0.4 is 0 Å². The van der Waals surface area contributed by atoms with Crippen LogP contribution in [-0.4, -0.2) is 23.1 Å². The van der Waals surface area contributed by atoms with Crippen molar-refractivity contribution < 1.29 is 19.4 Å². The number of carboxylic acid groups (broad SMARTS) is 1. The number of aliphatic carboxylic acids is 1. The molecule has 0 heterocycles. The van der Waals surface area contributed by atoms with Gasteiger partial charge >= 0.3 is 11.9 Å². The molecular weight excluding hydrogens is 364 g/mol. The van der Waals surface area contributed by atoms with Gasteiger partial charge < -0.3 is 9.84 Å². The number of carboxylic acids is 1. The van der Waals surface area contributed by atoms with E-state index in [1.165, 1.54) is 64.2 Å². The van der Waals surface area contributed by atoms with E-state index in [9.17, 15) is 9.59 Å². The van der Waals surface area contributed by atoms with Gasteiger partial charge in [-0.25, -0.2) is 0 Å². The third kappa shape index (κ3) is 21.5. The highest BCUT2D eigenvalue weighted by Gasteiger charge is 2.14. The van der Waals surface area contributed by atoms with Crippen LogP contribution in [0.1, 0.15) is 142 Å². The second-order valence-corrected chi connectivity index (χ2v) is 8.53. The van der Waals surface area contributed by atoms with Gasteiger partial charge in [-0.3, -0.25) is 9.59 Å². The normalized spacial score (nSPS) is 12.1. The molecule has 1 unspecified atom stereocenters. The van der Waals surface area contributed by atoms with Gasteiger partial charge in [0.15, 0.2) is 0 Å².